The fourth-order valence-corrected chi connectivity index (χ4v) is 2.75. The molecule has 1 aliphatic carbocycles. The quantitative estimate of drug-likeness (QED) is 0.492. The van der Waals surface area contributed by atoms with Crippen molar-refractivity contribution in [3.05, 3.63) is 64.8 Å². The second-order valence-electron chi connectivity index (χ2n) is 6.25. The monoisotopic (exact) mass is 358 g/mol. The number of benzene rings is 1. The zero-order chi connectivity index (χ0) is 18.7. The molecule has 0 bridgehead atoms. The smallest absolute Gasteiger partial charge is 0.147 e. The molecule has 1 unspecified atom stereocenters. The predicted molar refractivity (Wildman–Crippen MR) is 98.7 cm³/mol. The molecule has 2 aliphatic rings. The maximum absolute atomic E-state index is 14.2. The zero-order valence-corrected chi connectivity index (χ0v) is 14.1. The number of nitrogens with one attached hydrogen (secondary N) is 2. The zero-order valence-electron chi connectivity index (χ0n) is 14.1. The standard InChI is InChI=1S/C19H20F2N4O/c20-13-4-1-11(2-5-13)3-6-17(22)15-7-12(8-16(21)18(15)23)19-24-9-14(26)10-25-19/h1,3-4,6-8,14,22,26H,2,5,9-10,23H2,(H,24,25)/b6-3+,22-17?. The number of β-amino-alcohol motifs (C(OH)–C–C–N with tert-alkyl or cyclic N) is 1. The summed E-state index contributed by atoms with van der Waals surface area (Å²) < 4.78 is 27.3. The summed E-state index contributed by atoms with van der Waals surface area (Å²) in [5, 5.41) is 20.6. The second kappa shape index (κ2) is 7.61. The normalized spacial score (nSPS) is 20.3. The van der Waals surface area contributed by atoms with Gasteiger partial charge >= 0.3 is 0 Å². The number of hydrogen-bond donors (Lipinski definition) is 4. The van der Waals surface area contributed by atoms with Crippen molar-refractivity contribution in [1.82, 2.24) is 5.32 Å². The molecule has 1 heterocycles. The van der Waals surface area contributed by atoms with Gasteiger partial charge in [-0.1, -0.05) is 12.2 Å². The molecule has 0 spiro atoms. The van der Waals surface area contributed by atoms with E-state index in [1.54, 1.807) is 18.2 Å². The van der Waals surface area contributed by atoms with Gasteiger partial charge in [0.25, 0.3) is 0 Å². The Morgan fingerprint density at radius 3 is 2.77 bits per heavy atom. The van der Waals surface area contributed by atoms with E-state index in [4.69, 9.17) is 11.1 Å². The Kier molecular flexibility index (Phi) is 5.27. The van der Waals surface area contributed by atoms with Gasteiger partial charge in [0.1, 0.15) is 17.5 Å². The van der Waals surface area contributed by atoms with Gasteiger partial charge in [-0.15, -0.1) is 0 Å². The molecule has 1 aromatic carbocycles. The molecular formula is C19H20F2N4O. The highest BCUT2D eigenvalue weighted by Gasteiger charge is 2.17. The topological polar surface area (TPSA) is 94.5 Å². The van der Waals surface area contributed by atoms with Crippen LogP contribution in [0.25, 0.3) is 0 Å². The van der Waals surface area contributed by atoms with Crippen molar-refractivity contribution in [2.24, 2.45) is 4.99 Å². The molecule has 1 aromatic rings. The number of aliphatic hydroxyl groups is 1. The molecule has 0 amide bonds. The van der Waals surface area contributed by atoms with E-state index in [1.807, 2.05) is 0 Å². The Morgan fingerprint density at radius 1 is 1.31 bits per heavy atom. The van der Waals surface area contributed by atoms with Crippen LogP contribution in [0.15, 0.2) is 52.8 Å². The summed E-state index contributed by atoms with van der Waals surface area (Å²) in [6, 6.07) is 2.86. The van der Waals surface area contributed by atoms with Gasteiger partial charge in [-0.2, -0.15) is 0 Å². The van der Waals surface area contributed by atoms with Crippen molar-refractivity contribution in [2.45, 2.75) is 18.9 Å². The first-order valence-electron chi connectivity index (χ1n) is 8.32. The van der Waals surface area contributed by atoms with Crippen molar-refractivity contribution in [1.29, 1.82) is 5.41 Å². The molecule has 5 N–H and O–H groups in total. The average molecular weight is 358 g/mol. The molecule has 1 aliphatic heterocycles. The third kappa shape index (κ3) is 4.05. The number of anilines is 1. The van der Waals surface area contributed by atoms with Crippen LogP contribution in [0.1, 0.15) is 24.0 Å². The second-order valence-corrected chi connectivity index (χ2v) is 6.25. The van der Waals surface area contributed by atoms with Crippen LogP contribution in [0.5, 0.6) is 0 Å². The van der Waals surface area contributed by atoms with Crippen LogP contribution in [-0.4, -0.2) is 35.8 Å². The molecule has 0 radical (unpaired) electrons. The van der Waals surface area contributed by atoms with Gasteiger partial charge in [0.15, 0.2) is 0 Å². The van der Waals surface area contributed by atoms with Gasteiger partial charge in [-0.3, -0.25) is 4.99 Å². The molecule has 0 saturated heterocycles. The van der Waals surface area contributed by atoms with Crippen molar-refractivity contribution in [3.8, 4) is 0 Å². The van der Waals surface area contributed by atoms with E-state index < -0.39 is 11.9 Å². The minimum Gasteiger partial charge on any atom is -0.396 e. The Balaban J connectivity index is 1.86. The minimum absolute atomic E-state index is 0.0515. The number of aliphatic hydroxyl groups excluding tert-OH is 1. The summed E-state index contributed by atoms with van der Waals surface area (Å²) in [6.45, 7) is 0.564. The Bertz CT molecular complexity index is 855. The van der Waals surface area contributed by atoms with Crippen LogP contribution >= 0.6 is 0 Å². The third-order valence-corrected chi connectivity index (χ3v) is 4.25. The highest BCUT2D eigenvalue weighted by atomic mass is 19.1. The van der Waals surface area contributed by atoms with Gasteiger partial charge in [0.2, 0.25) is 0 Å². The lowest BCUT2D eigenvalue weighted by Crippen LogP contribution is -2.39. The van der Waals surface area contributed by atoms with Gasteiger partial charge in [-0.05, 0) is 36.3 Å². The number of aliphatic imine (C=N–C) groups is 1. The van der Waals surface area contributed by atoms with Crippen LogP contribution in [-0.2, 0) is 0 Å². The first-order valence-corrected chi connectivity index (χ1v) is 8.32. The number of halogens is 2. The number of nitrogens with two attached hydrogens (primary N) is 1. The molecule has 26 heavy (non-hydrogen) atoms. The Morgan fingerprint density at radius 2 is 2.12 bits per heavy atom. The molecular weight excluding hydrogens is 338 g/mol. The molecule has 0 fully saturated rings. The van der Waals surface area contributed by atoms with Crippen molar-refractivity contribution in [2.75, 3.05) is 18.8 Å². The van der Waals surface area contributed by atoms with E-state index in [9.17, 15) is 13.9 Å². The molecule has 7 heteroatoms. The number of rotatable bonds is 4. The summed E-state index contributed by atoms with van der Waals surface area (Å²) in [5.41, 5.74) is 7.36. The maximum atomic E-state index is 14.2. The van der Waals surface area contributed by atoms with E-state index in [2.05, 4.69) is 10.3 Å². The van der Waals surface area contributed by atoms with E-state index in [1.165, 1.54) is 18.2 Å². The maximum Gasteiger partial charge on any atom is 0.147 e. The van der Waals surface area contributed by atoms with Crippen LogP contribution in [0, 0.1) is 11.2 Å². The molecule has 0 saturated carbocycles. The van der Waals surface area contributed by atoms with Gasteiger partial charge in [0, 0.05) is 24.1 Å². The molecule has 0 aromatic heterocycles. The van der Waals surface area contributed by atoms with Crippen molar-refractivity contribution in [3.63, 3.8) is 0 Å². The lowest BCUT2D eigenvalue weighted by molar-refractivity contribution is 0.181. The van der Waals surface area contributed by atoms with Crippen LogP contribution < -0.4 is 11.1 Å². The van der Waals surface area contributed by atoms with Gasteiger partial charge in [-0.25, -0.2) is 8.78 Å². The van der Waals surface area contributed by atoms with Crippen LogP contribution in [0.2, 0.25) is 0 Å². The Labute approximate surface area is 150 Å². The van der Waals surface area contributed by atoms with Gasteiger partial charge in [0.05, 0.1) is 24.0 Å². The number of nitrogen functional groups attached to an aromatic ring is 1. The van der Waals surface area contributed by atoms with Crippen molar-refractivity contribution < 1.29 is 13.9 Å². The first kappa shape index (κ1) is 18.0. The van der Waals surface area contributed by atoms with Crippen molar-refractivity contribution >= 4 is 17.2 Å². The molecule has 3 rings (SSSR count). The predicted octanol–water partition coefficient (Wildman–Crippen LogP) is 2.62. The Hall–Kier alpha value is -2.80. The fraction of sp³-hybridized carbons (Fsp3) is 0.263. The number of allylic oxidation sites excluding steroid dienone is 6. The molecule has 5 nitrogen and oxygen atoms in total. The van der Waals surface area contributed by atoms with E-state index in [0.29, 0.717) is 30.8 Å². The van der Waals surface area contributed by atoms with Crippen LogP contribution in [0.4, 0.5) is 14.5 Å². The highest BCUT2D eigenvalue weighted by Crippen LogP contribution is 2.23. The number of amidine groups is 1. The minimum atomic E-state index is -0.631. The summed E-state index contributed by atoms with van der Waals surface area (Å²) in [7, 11) is 0. The summed E-state index contributed by atoms with van der Waals surface area (Å²) in [5.74, 6) is -0.335. The summed E-state index contributed by atoms with van der Waals surface area (Å²) in [6.07, 6.45) is 6.63. The lowest BCUT2D eigenvalue weighted by Gasteiger charge is -2.20. The number of nitrogens with zero attached hydrogens (tertiary/aromatic N) is 1. The van der Waals surface area contributed by atoms with E-state index in [0.717, 1.165) is 5.57 Å². The van der Waals surface area contributed by atoms with Crippen LogP contribution in [0.3, 0.4) is 0 Å². The largest absolute Gasteiger partial charge is 0.396 e. The number of hydrogen-bond acceptors (Lipinski definition) is 5. The summed E-state index contributed by atoms with van der Waals surface area (Å²) in [4.78, 5) is 4.19. The van der Waals surface area contributed by atoms with E-state index >= 15 is 0 Å². The molecule has 136 valence electrons. The first-order chi connectivity index (χ1) is 12.4. The summed E-state index contributed by atoms with van der Waals surface area (Å²) >= 11 is 0. The highest BCUT2D eigenvalue weighted by molar-refractivity contribution is 6.12. The van der Waals surface area contributed by atoms with E-state index in [-0.39, 0.29) is 29.3 Å². The fourth-order valence-electron chi connectivity index (χ4n) is 2.75. The van der Waals surface area contributed by atoms with Gasteiger partial charge < -0.3 is 21.6 Å². The lowest BCUT2D eigenvalue weighted by atomic mass is 9.99. The molecule has 1 atom stereocenters. The SMILES string of the molecule is N=C(/C=C/C1=CC=C(F)CC1)c1cc(C2=NCC(O)CN2)cc(F)c1N. The third-order valence-electron chi connectivity index (χ3n) is 4.25. The average Bonchev–Trinajstić information content (AvgIpc) is 2.64.